The van der Waals surface area contributed by atoms with Crippen molar-refractivity contribution in [2.24, 2.45) is 5.92 Å². The SMILES string of the molecule is Cc1cc(N2CCCN(C(=O)[C@@H]3CCC(=O)N(Cc4cccc(F)c4)C3)CC2)ccn1. The summed E-state index contributed by atoms with van der Waals surface area (Å²) < 4.78 is 13.5. The number of aryl methyl sites for hydroxylation is 1. The van der Waals surface area contributed by atoms with Gasteiger partial charge in [-0.3, -0.25) is 14.6 Å². The lowest BCUT2D eigenvalue weighted by Gasteiger charge is -2.34. The van der Waals surface area contributed by atoms with Crippen molar-refractivity contribution in [3.8, 4) is 0 Å². The van der Waals surface area contributed by atoms with Crippen LogP contribution < -0.4 is 4.90 Å². The second kappa shape index (κ2) is 9.45. The Labute approximate surface area is 182 Å². The number of rotatable bonds is 4. The second-order valence-electron chi connectivity index (χ2n) is 8.46. The third kappa shape index (κ3) is 5.21. The average molecular weight is 425 g/mol. The van der Waals surface area contributed by atoms with Crippen LogP contribution in [0, 0.1) is 18.7 Å². The van der Waals surface area contributed by atoms with Crippen LogP contribution in [0.5, 0.6) is 0 Å². The molecule has 6 nitrogen and oxygen atoms in total. The van der Waals surface area contributed by atoms with Crippen molar-refractivity contribution in [2.75, 3.05) is 37.6 Å². The van der Waals surface area contributed by atoms with Gasteiger partial charge in [-0.2, -0.15) is 0 Å². The molecule has 0 unspecified atom stereocenters. The van der Waals surface area contributed by atoms with Crippen LogP contribution >= 0.6 is 0 Å². The molecule has 3 heterocycles. The van der Waals surface area contributed by atoms with Crippen molar-refractivity contribution in [3.05, 3.63) is 59.7 Å². The van der Waals surface area contributed by atoms with Crippen molar-refractivity contribution in [2.45, 2.75) is 32.7 Å². The number of hydrogen-bond acceptors (Lipinski definition) is 4. The fraction of sp³-hybridized carbons (Fsp3) is 0.458. The van der Waals surface area contributed by atoms with Gasteiger partial charge < -0.3 is 14.7 Å². The molecule has 2 aliphatic heterocycles. The summed E-state index contributed by atoms with van der Waals surface area (Å²) in [5.41, 5.74) is 2.88. The van der Waals surface area contributed by atoms with Crippen molar-refractivity contribution >= 4 is 17.5 Å². The largest absolute Gasteiger partial charge is 0.370 e. The molecule has 164 valence electrons. The van der Waals surface area contributed by atoms with Crippen LogP contribution in [0.25, 0.3) is 0 Å². The summed E-state index contributed by atoms with van der Waals surface area (Å²) >= 11 is 0. The molecule has 2 aromatic rings. The van der Waals surface area contributed by atoms with E-state index in [2.05, 4.69) is 16.0 Å². The molecule has 1 aromatic carbocycles. The number of benzene rings is 1. The minimum Gasteiger partial charge on any atom is -0.370 e. The normalized spacial score (nSPS) is 20.0. The molecule has 0 spiro atoms. The first kappa shape index (κ1) is 21.3. The van der Waals surface area contributed by atoms with Gasteiger partial charge >= 0.3 is 0 Å². The van der Waals surface area contributed by atoms with Gasteiger partial charge in [-0.1, -0.05) is 12.1 Å². The van der Waals surface area contributed by atoms with Crippen LogP contribution in [-0.4, -0.2) is 59.3 Å². The topological polar surface area (TPSA) is 56.8 Å². The first-order chi connectivity index (χ1) is 15.0. The first-order valence-electron chi connectivity index (χ1n) is 11.0. The molecule has 1 atom stereocenters. The Kier molecular flexibility index (Phi) is 6.49. The number of amides is 2. The number of carbonyl (C=O) groups is 2. The number of pyridine rings is 1. The number of anilines is 1. The Bertz CT molecular complexity index is 951. The van der Waals surface area contributed by atoms with E-state index in [1.165, 1.54) is 12.1 Å². The molecular weight excluding hydrogens is 395 g/mol. The molecule has 2 fully saturated rings. The Morgan fingerprint density at radius 2 is 2.03 bits per heavy atom. The zero-order valence-corrected chi connectivity index (χ0v) is 18.0. The zero-order chi connectivity index (χ0) is 21.8. The Morgan fingerprint density at radius 1 is 1.16 bits per heavy atom. The van der Waals surface area contributed by atoms with Gasteiger partial charge in [-0.15, -0.1) is 0 Å². The predicted octanol–water partition coefficient (Wildman–Crippen LogP) is 3.01. The zero-order valence-electron chi connectivity index (χ0n) is 18.0. The summed E-state index contributed by atoms with van der Waals surface area (Å²) in [4.78, 5) is 35.9. The number of hydrogen-bond donors (Lipinski definition) is 0. The lowest BCUT2D eigenvalue weighted by atomic mass is 9.95. The molecule has 7 heteroatoms. The van der Waals surface area contributed by atoms with Gasteiger partial charge in [0, 0.05) is 63.3 Å². The van der Waals surface area contributed by atoms with E-state index in [0.717, 1.165) is 43.0 Å². The summed E-state index contributed by atoms with van der Waals surface area (Å²) in [5.74, 6) is -0.345. The third-order valence-electron chi connectivity index (χ3n) is 6.16. The van der Waals surface area contributed by atoms with Crippen LogP contribution in [0.3, 0.4) is 0 Å². The maximum absolute atomic E-state index is 13.5. The lowest BCUT2D eigenvalue weighted by Crippen LogP contribution is -2.47. The molecule has 2 amide bonds. The highest BCUT2D eigenvalue weighted by Crippen LogP contribution is 2.23. The first-order valence-corrected chi connectivity index (χ1v) is 11.0. The van der Waals surface area contributed by atoms with Crippen molar-refractivity contribution in [3.63, 3.8) is 0 Å². The van der Waals surface area contributed by atoms with E-state index >= 15 is 0 Å². The summed E-state index contributed by atoms with van der Waals surface area (Å²) in [6.45, 7) is 5.82. The second-order valence-corrected chi connectivity index (χ2v) is 8.46. The van der Waals surface area contributed by atoms with Crippen molar-refractivity contribution in [1.82, 2.24) is 14.8 Å². The fourth-order valence-corrected chi connectivity index (χ4v) is 4.51. The van der Waals surface area contributed by atoms with Gasteiger partial charge in [0.05, 0.1) is 5.92 Å². The maximum atomic E-state index is 13.5. The standard InChI is InChI=1S/C24H29FN4O2/c1-18-14-22(8-9-26-18)27-10-3-11-28(13-12-27)24(31)20-6-7-23(30)29(17-20)16-19-4-2-5-21(25)15-19/h2,4-5,8-9,14-15,20H,3,6-7,10-13,16-17H2,1H3/t20-/m1/s1. The molecule has 31 heavy (non-hydrogen) atoms. The average Bonchev–Trinajstić information content (AvgIpc) is 3.01. The van der Waals surface area contributed by atoms with Gasteiger partial charge in [0.1, 0.15) is 5.82 Å². The van der Waals surface area contributed by atoms with Crippen molar-refractivity contribution in [1.29, 1.82) is 0 Å². The molecule has 0 aliphatic carbocycles. The molecule has 0 radical (unpaired) electrons. The number of aromatic nitrogens is 1. The molecular formula is C24H29FN4O2. The summed E-state index contributed by atoms with van der Waals surface area (Å²) in [6.07, 6.45) is 3.68. The highest BCUT2D eigenvalue weighted by Gasteiger charge is 2.33. The van der Waals surface area contributed by atoms with Crippen molar-refractivity contribution < 1.29 is 14.0 Å². The van der Waals surface area contributed by atoms with Crippen LogP contribution in [0.1, 0.15) is 30.5 Å². The molecule has 0 bridgehead atoms. The highest BCUT2D eigenvalue weighted by atomic mass is 19.1. The minimum atomic E-state index is -0.312. The molecule has 2 aliphatic rings. The van der Waals surface area contributed by atoms with Gasteiger partial charge in [0.15, 0.2) is 0 Å². The smallest absolute Gasteiger partial charge is 0.227 e. The summed E-state index contributed by atoms with van der Waals surface area (Å²) in [6, 6.07) is 10.4. The van der Waals surface area contributed by atoms with Gasteiger partial charge in [-0.25, -0.2) is 4.39 Å². The molecule has 0 saturated carbocycles. The summed E-state index contributed by atoms with van der Waals surface area (Å²) in [5, 5.41) is 0. The molecule has 4 rings (SSSR count). The maximum Gasteiger partial charge on any atom is 0.227 e. The van der Waals surface area contributed by atoms with Crippen LogP contribution in [0.2, 0.25) is 0 Å². The number of likely N-dealkylation sites (tertiary alicyclic amines) is 1. The highest BCUT2D eigenvalue weighted by molar-refractivity contribution is 5.84. The van der Waals surface area contributed by atoms with E-state index in [0.29, 0.717) is 32.5 Å². The number of nitrogens with zero attached hydrogens (tertiary/aromatic N) is 4. The van der Waals surface area contributed by atoms with E-state index in [1.807, 2.05) is 30.2 Å². The summed E-state index contributed by atoms with van der Waals surface area (Å²) in [7, 11) is 0. The van der Waals surface area contributed by atoms with E-state index in [-0.39, 0.29) is 23.5 Å². The number of carbonyl (C=O) groups excluding carboxylic acids is 2. The molecule has 2 saturated heterocycles. The van der Waals surface area contributed by atoms with Gasteiger partial charge in [-0.05, 0) is 49.6 Å². The van der Waals surface area contributed by atoms with Gasteiger partial charge in [0.2, 0.25) is 11.8 Å². The lowest BCUT2D eigenvalue weighted by molar-refractivity contribution is -0.143. The van der Waals surface area contributed by atoms with Gasteiger partial charge in [0.25, 0.3) is 0 Å². The molecule has 1 aromatic heterocycles. The quantitative estimate of drug-likeness (QED) is 0.757. The van der Waals surface area contributed by atoms with Crippen LogP contribution in [0.4, 0.5) is 10.1 Å². The van der Waals surface area contributed by atoms with Crippen LogP contribution in [-0.2, 0) is 16.1 Å². The van der Waals surface area contributed by atoms with Crippen LogP contribution in [0.15, 0.2) is 42.6 Å². The van der Waals surface area contributed by atoms with E-state index in [4.69, 9.17) is 0 Å². The predicted molar refractivity (Wildman–Crippen MR) is 117 cm³/mol. The molecule has 0 N–H and O–H groups in total. The van der Waals surface area contributed by atoms with E-state index in [9.17, 15) is 14.0 Å². The Morgan fingerprint density at radius 3 is 2.84 bits per heavy atom. The fourth-order valence-electron chi connectivity index (χ4n) is 4.51. The van der Waals surface area contributed by atoms with E-state index < -0.39 is 0 Å². The van der Waals surface area contributed by atoms with E-state index in [1.54, 1.807) is 11.0 Å². The minimum absolute atomic E-state index is 0.0309. The Balaban J connectivity index is 1.37. The third-order valence-corrected chi connectivity index (χ3v) is 6.16. The Hall–Kier alpha value is -2.96. The monoisotopic (exact) mass is 424 g/mol. The number of piperidine rings is 1. The number of halogens is 1.